The predicted molar refractivity (Wildman–Crippen MR) is 76.7 cm³/mol. The fourth-order valence-corrected chi connectivity index (χ4v) is 2.52. The summed E-state index contributed by atoms with van der Waals surface area (Å²) in [5.41, 5.74) is 4.04. The lowest BCUT2D eigenvalue weighted by Crippen LogP contribution is -2.31. The van der Waals surface area contributed by atoms with Gasteiger partial charge in [-0.3, -0.25) is 4.79 Å². The molecule has 100 valence electrons. The van der Waals surface area contributed by atoms with Crippen molar-refractivity contribution in [3.05, 3.63) is 34.9 Å². The Morgan fingerprint density at radius 1 is 1.33 bits per heavy atom. The summed E-state index contributed by atoms with van der Waals surface area (Å²) in [6.45, 7) is 7.75. The van der Waals surface area contributed by atoms with Gasteiger partial charge in [-0.25, -0.2) is 0 Å². The third-order valence-electron chi connectivity index (χ3n) is 3.55. The third-order valence-corrected chi connectivity index (χ3v) is 3.55. The fourth-order valence-electron chi connectivity index (χ4n) is 2.52. The molecule has 2 heteroatoms. The first-order valence-corrected chi connectivity index (χ1v) is 6.92. The number of hydrogen-bond donors (Lipinski definition) is 0. The molecule has 0 bridgehead atoms. The second-order valence-electron chi connectivity index (χ2n) is 4.74. The van der Waals surface area contributed by atoms with Crippen LogP contribution >= 0.6 is 0 Å². The molecule has 18 heavy (non-hydrogen) atoms. The molecule has 1 atom stereocenters. The van der Waals surface area contributed by atoms with Crippen LogP contribution < -0.4 is 0 Å². The van der Waals surface area contributed by atoms with Gasteiger partial charge in [0.15, 0.2) is 0 Å². The van der Waals surface area contributed by atoms with Crippen molar-refractivity contribution in [1.29, 1.82) is 0 Å². The van der Waals surface area contributed by atoms with Gasteiger partial charge >= 0.3 is 0 Å². The molecule has 0 radical (unpaired) electrons. The van der Waals surface area contributed by atoms with Gasteiger partial charge in [-0.15, -0.1) is 0 Å². The molecular formula is C16H25NO. The first kappa shape index (κ1) is 14.7. The van der Waals surface area contributed by atoms with Gasteiger partial charge < -0.3 is 4.90 Å². The Hall–Kier alpha value is -1.31. The van der Waals surface area contributed by atoms with E-state index in [0.717, 1.165) is 12.8 Å². The Labute approximate surface area is 111 Å². The molecule has 1 unspecified atom stereocenters. The molecule has 1 aliphatic carbocycles. The fraction of sp³-hybridized carbons (Fsp3) is 0.562. The van der Waals surface area contributed by atoms with Gasteiger partial charge in [0.25, 0.3) is 0 Å². The monoisotopic (exact) mass is 247 g/mol. The minimum Gasteiger partial charge on any atom is -0.339 e. The lowest BCUT2D eigenvalue weighted by molar-refractivity contribution is -0.130. The molecule has 1 aromatic carbocycles. The van der Waals surface area contributed by atoms with E-state index in [9.17, 15) is 4.79 Å². The van der Waals surface area contributed by atoms with Gasteiger partial charge in [0, 0.05) is 14.0 Å². The molecule has 0 heterocycles. The Bertz CT molecular complexity index is 412. The zero-order chi connectivity index (χ0) is 13.7. The maximum atomic E-state index is 11.5. The van der Waals surface area contributed by atoms with Crippen LogP contribution in [0.4, 0.5) is 0 Å². The van der Waals surface area contributed by atoms with Crippen molar-refractivity contribution in [2.75, 3.05) is 7.05 Å². The molecule has 0 aliphatic heterocycles. The van der Waals surface area contributed by atoms with Crippen molar-refractivity contribution >= 4 is 5.91 Å². The first-order chi connectivity index (χ1) is 8.59. The van der Waals surface area contributed by atoms with Gasteiger partial charge in [0.1, 0.15) is 0 Å². The lowest BCUT2D eigenvalue weighted by atomic mass is 9.86. The number of carbonyl (C=O) groups is 1. The van der Waals surface area contributed by atoms with E-state index in [1.54, 1.807) is 6.92 Å². The highest BCUT2D eigenvalue weighted by atomic mass is 16.2. The van der Waals surface area contributed by atoms with E-state index in [2.05, 4.69) is 25.1 Å². The van der Waals surface area contributed by atoms with Crippen molar-refractivity contribution in [2.45, 2.75) is 53.0 Å². The van der Waals surface area contributed by atoms with Crippen LogP contribution in [-0.4, -0.2) is 17.9 Å². The molecule has 0 saturated carbocycles. The average molecular weight is 247 g/mol. The molecule has 2 nitrogen and oxygen atoms in total. The zero-order valence-electron chi connectivity index (χ0n) is 12.3. The molecule has 0 aromatic heterocycles. The molecule has 2 rings (SSSR count). The Kier molecular flexibility index (Phi) is 5.39. The minimum atomic E-state index is 0.152. The van der Waals surface area contributed by atoms with Crippen LogP contribution in [-0.2, 0) is 11.2 Å². The van der Waals surface area contributed by atoms with Crippen LogP contribution in [0.1, 0.15) is 56.3 Å². The van der Waals surface area contributed by atoms with Crippen LogP contribution in [0.3, 0.4) is 0 Å². The summed E-state index contributed by atoms with van der Waals surface area (Å²) >= 11 is 0. The summed E-state index contributed by atoms with van der Waals surface area (Å²) < 4.78 is 0. The quantitative estimate of drug-likeness (QED) is 0.737. The normalized spacial score (nSPS) is 17.3. The highest BCUT2D eigenvalue weighted by molar-refractivity contribution is 5.73. The van der Waals surface area contributed by atoms with E-state index < -0.39 is 0 Å². The summed E-state index contributed by atoms with van der Waals surface area (Å²) in [7, 11) is 1.91. The average Bonchev–Trinajstić information content (AvgIpc) is 2.39. The molecular weight excluding hydrogens is 222 g/mol. The Morgan fingerprint density at radius 2 is 2.00 bits per heavy atom. The van der Waals surface area contributed by atoms with Gasteiger partial charge in [-0.05, 0) is 37.3 Å². The molecule has 1 amide bonds. The summed E-state index contributed by atoms with van der Waals surface area (Å²) in [6.07, 6.45) is 3.42. The summed E-state index contributed by atoms with van der Waals surface area (Å²) in [6, 6.07) is 6.89. The van der Waals surface area contributed by atoms with E-state index in [0.29, 0.717) is 0 Å². The summed E-state index contributed by atoms with van der Waals surface area (Å²) in [4.78, 5) is 13.3. The standard InChI is InChI=1S/C14H19NO.C2H6/c1-10-7-8-12-5-4-6-14(13(12)9-10)15(3)11(2)16;1-2/h7-9,14H,4-6H2,1-3H3;1-2H3. The summed E-state index contributed by atoms with van der Waals surface area (Å²) in [5, 5.41) is 0. The smallest absolute Gasteiger partial charge is 0.219 e. The van der Waals surface area contributed by atoms with Gasteiger partial charge in [-0.2, -0.15) is 0 Å². The zero-order valence-corrected chi connectivity index (χ0v) is 12.3. The Balaban J connectivity index is 0.000000771. The highest BCUT2D eigenvalue weighted by Gasteiger charge is 2.24. The second-order valence-corrected chi connectivity index (χ2v) is 4.74. The van der Waals surface area contributed by atoms with Gasteiger partial charge in [0.05, 0.1) is 6.04 Å². The number of benzene rings is 1. The lowest BCUT2D eigenvalue weighted by Gasteiger charge is -2.33. The van der Waals surface area contributed by atoms with Crippen LogP contribution in [0, 0.1) is 6.92 Å². The maximum Gasteiger partial charge on any atom is 0.219 e. The Morgan fingerprint density at radius 3 is 2.61 bits per heavy atom. The predicted octanol–water partition coefficient (Wildman–Crippen LogP) is 3.88. The second kappa shape index (κ2) is 6.58. The number of nitrogens with zero attached hydrogens (tertiary/aromatic N) is 1. The topological polar surface area (TPSA) is 20.3 Å². The van der Waals surface area contributed by atoms with Crippen LogP contribution in [0.2, 0.25) is 0 Å². The van der Waals surface area contributed by atoms with Crippen molar-refractivity contribution in [2.24, 2.45) is 0 Å². The van der Waals surface area contributed by atoms with Crippen molar-refractivity contribution < 1.29 is 4.79 Å². The van der Waals surface area contributed by atoms with Crippen LogP contribution in [0.15, 0.2) is 18.2 Å². The third kappa shape index (κ3) is 3.12. The molecule has 1 aliphatic rings. The van der Waals surface area contributed by atoms with E-state index in [4.69, 9.17) is 0 Å². The van der Waals surface area contributed by atoms with Gasteiger partial charge in [-0.1, -0.05) is 37.6 Å². The van der Waals surface area contributed by atoms with Crippen LogP contribution in [0.25, 0.3) is 0 Å². The number of hydrogen-bond acceptors (Lipinski definition) is 1. The number of rotatable bonds is 1. The number of fused-ring (bicyclic) bond motifs is 1. The van der Waals surface area contributed by atoms with Crippen molar-refractivity contribution in [3.63, 3.8) is 0 Å². The molecule has 0 spiro atoms. The maximum absolute atomic E-state index is 11.5. The first-order valence-electron chi connectivity index (χ1n) is 6.92. The van der Waals surface area contributed by atoms with Crippen molar-refractivity contribution in [3.8, 4) is 0 Å². The minimum absolute atomic E-state index is 0.152. The molecule has 0 saturated heterocycles. The molecule has 0 N–H and O–H groups in total. The summed E-state index contributed by atoms with van der Waals surface area (Å²) in [5.74, 6) is 0.152. The SMILES string of the molecule is CC.CC(=O)N(C)C1CCCc2ccc(C)cc21. The molecule has 1 aromatic rings. The van der Waals surface area contributed by atoms with E-state index in [-0.39, 0.29) is 11.9 Å². The number of carbonyl (C=O) groups excluding carboxylic acids is 1. The van der Waals surface area contributed by atoms with Crippen molar-refractivity contribution in [1.82, 2.24) is 4.90 Å². The van der Waals surface area contributed by atoms with E-state index >= 15 is 0 Å². The van der Waals surface area contributed by atoms with Crippen LogP contribution in [0.5, 0.6) is 0 Å². The van der Waals surface area contributed by atoms with E-state index in [1.807, 2.05) is 25.8 Å². The highest BCUT2D eigenvalue weighted by Crippen LogP contribution is 2.34. The number of aryl methyl sites for hydroxylation is 2. The van der Waals surface area contributed by atoms with Gasteiger partial charge in [0.2, 0.25) is 5.91 Å². The number of amides is 1. The molecule has 0 fully saturated rings. The largest absolute Gasteiger partial charge is 0.339 e. The van der Waals surface area contributed by atoms with E-state index in [1.165, 1.54) is 23.1 Å².